The van der Waals surface area contributed by atoms with Gasteiger partial charge in [-0.15, -0.1) is 0 Å². The first-order valence-electron chi connectivity index (χ1n) is 7.34. The standard InChI is InChI=1S/C18H23NO2/c1-20-18-11-5-7-15(14-18)13-16(19)8-6-12-21-17-9-3-2-4-10-17/h2-5,7,9-11,14,16H,6,8,12-13,19H2,1H3. The van der Waals surface area contributed by atoms with E-state index < -0.39 is 0 Å². The predicted molar refractivity (Wildman–Crippen MR) is 85.8 cm³/mol. The summed E-state index contributed by atoms with van der Waals surface area (Å²) in [6.45, 7) is 0.704. The number of rotatable bonds is 8. The van der Waals surface area contributed by atoms with Crippen LogP contribution in [0.4, 0.5) is 0 Å². The average molecular weight is 285 g/mol. The highest BCUT2D eigenvalue weighted by atomic mass is 16.5. The minimum absolute atomic E-state index is 0.150. The fraction of sp³-hybridized carbons (Fsp3) is 0.333. The van der Waals surface area contributed by atoms with E-state index in [-0.39, 0.29) is 6.04 Å². The molecule has 0 spiro atoms. The van der Waals surface area contributed by atoms with Gasteiger partial charge in [0.25, 0.3) is 0 Å². The Balaban J connectivity index is 1.68. The molecule has 3 nitrogen and oxygen atoms in total. The second kappa shape index (κ2) is 8.32. The number of methoxy groups -OCH3 is 1. The Morgan fingerprint density at radius 1 is 1.00 bits per heavy atom. The van der Waals surface area contributed by atoms with E-state index >= 15 is 0 Å². The number of hydrogen-bond donors (Lipinski definition) is 1. The van der Waals surface area contributed by atoms with Crippen LogP contribution in [0.25, 0.3) is 0 Å². The Morgan fingerprint density at radius 3 is 2.52 bits per heavy atom. The molecule has 0 radical (unpaired) electrons. The summed E-state index contributed by atoms with van der Waals surface area (Å²) in [5, 5.41) is 0. The van der Waals surface area contributed by atoms with Crippen molar-refractivity contribution in [2.75, 3.05) is 13.7 Å². The number of benzene rings is 2. The van der Waals surface area contributed by atoms with Gasteiger partial charge in [0.1, 0.15) is 11.5 Å². The van der Waals surface area contributed by atoms with Crippen molar-refractivity contribution in [2.45, 2.75) is 25.3 Å². The molecular weight excluding hydrogens is 262 g/mol. The van der Waals surface area contributed by atoms with E-state index in [9.17, 15) is 0 Å². The Bertz CT molecular complexity index is 528. The summed E-state index contributed by atoms with van der Waals surface area (Å²) in [5.41, 5.74) is 7.39. The Kier molecular flexibility index (Phi) is 6.10. The summed E-state index contributed by atoms with van der Waals surface area (Å²) >= 11 is 0. The van der Waals surface area contributed by atoms with Crippen LogP contribution in [0, 0.1) is 0 Å². The van der Waals surface area contributed by atoms with E-state index in [2.05, 4.69) is 6.07 Å². The molecule has 0 fully saturated rings. The Hall–Kier alpha value is -2.00. The number of para-hydroxylation sites is 1. The molecule has 2 N–H and O–H groups in total. The second-order valence-electron chi connectivity index (χ2n) is 5.12. The van der Waals surface area contributed by atoms with E-state index in [1.165, 1.54) is 5.56 Å². The molecule has 0 amide bonds. The molecule has 2 aromatic rings. The third-order valence-corrected chi connectivity index (χ3v) is 3.36. The Morgan fingerprint density at radius 2 is 1.76 bits per heavy atom. The smallest absolute Gasteiger partial charge is 0.119 e. The molecule has 0 aliphatic heterocycles. The van der Waals surface area contributed by atoms with Gasteiger partial charge >= 0.3 is 0 Å². The van der Waals surface area contributed by atoms with Crippen molar-refractivity contribution < 1.29 is 9.47 Å². The molecule has 1 atom stereocenters. The van der Waals surface area contributed by atoms with E-state index in [1.807, 2.05) is 48.5 Å². The van der Waals surface area contributed by atoms with Gasteiger partial charge in [0.2, 0.25) is 0 Å². The molecule has 0 saturated carbocycles. The van der Waals surface area contributed by atoms with Crippen LogP contribution in [0.2, 0.25) is 0 Å². The lowest BCUT2D eigenvalue weighted by atomic mass is 10.0. The van der Waals surface area contributed by atoms with Gasteiger partial charge in [-0.1, -0.05) is 30.3 Å². The lowest BCUT2D eigenvalue weighted by Crippen LogP contribution is -2.23. The maximum Gasteiger partial charge on any atom is 0.119 e. The van der Waals surface area contributed by atoms with Crippen molar-refractivity contribution in [1.82, 2.24) is 0 Å². The van der Waals surface area contributed by atoms with Crippen molar-refractivity contribution in [2.24, 2.45) is 5.73 Å². The van der Waals surface area contributed by atoms with Crippen molar-refractivity contribution >= 4 is 0 Å². The maximum atomic E-state index is 6.18. The first-order valence-corrected chi connectivity index (χ1v) is 7.34. The summed E-state index contributed by atoms with van der Waals surface area (Å²) in [6.07, 6.45) is 2.77. The molecule has 3 heteroatoms. The monoisotopic (exact) mass is 285 g/mol. The molecule has 0 aliphatic rings. The molecular formula is C18H23NO2. The molecule has 0 aliphatic carbocycles. The van der Waals surface area contributed by atoms with E-state index in [1.54, 1.807) is 7.11 Å². The SMILES string of the molecule is COc1cccc(CC(N)CCCOc2ccccc2)c1. The first kappa shape index (κ1) is 15.4. The lowest BCUT2D eigenvalue weighted by molar-refractivity contribution is 0.301. The second-order valence-corrected chi connectivity index (χ2v) is 5.12. The van der Waals surface area contributed by atoms with Crippen LogP contribution in [-0.4, -0.2) is 19.8 Å². The highest BCUT2D eigenvalue weighted by molar-refractivity contribution is 5.28. The van der Waals surface area contributed by atoms with Gasteiger partial charge in [0, 0.05) is 6.04 Å². The van der Waals surface area contributed by atoms with Crippen molar-refractivity contribution in [3.05, 3.63) is 60.2 Å². The summed E-state index contributed by atoms with van der Waals surface area (Å²) in [7, 11) is 1.68. The van der Waals surface area contributed by atoms with Crippen molar-refractivity contribution in [3.63, 3.8) is 0 Å². The Labute approximate surface area is 126 Å². The minimum atomic E-state index is 0.150. The average Bonchev–Trinajstić information content (AvgIpc) is 2.53. The van der Waals surface area contributed by atoms with Gasteiger partial charge in [-0.3, -0.25) is 0 Å². The summed E-state index contributed by atoms with van der Waals surface area (Å²) in [4.78, 5) is 0. The van der Waals surface area contributed by atoms with E-state index in [0.29, 0.717) is 6.61 Å². The molecule has 112 valence electrons. The van der Waals surface area contributed by atoms with Gasteiger partial charge in [-0.2, -0.15) is 0 Å². The van der Waals surface area contributed by atoms with Crippen molar-refractivity contribution in [1.29, 1.82) is 0 Å². The summed E-state index contributed by atoms with van der Waals surface area (Å²) in [6, 6.07) is 18.1. The fourth-order valence-electron chi connectivity index (χ4n) is 2.26. The van der Waals surface area contributed by atoms with Crippen LogP contribution < -0.4 is 15.2 Å². The van der Waals surface area contributed by atoms with Crippen molar-refractivity contribution in [3.8, 4) is 11.5 Å². The minimum Gasteiger partial charge on any atom is -0.497 e. The maximum absolute atomic E-state index is 6.18. The fourth-order valence-corrected chi connectivity index (χ4v) is 2.26. The zero-order valence-electron chi connectivity index (χ0n) is 12.5. The molecule has 0 aromatic heterocycles. The molecule has 0 saturated heterocycles. The molecule has 0 bridgehead atoms. The van der Waals surface area contributed by atoms with Gasteiger partial charge in [-0.25, -0.2) is 0 Å². The quantitative estimate of drug-likeness (QED) is 0.756. The highest BCUT2D eigenvalue weighted by Gasteiger charge is 2.05. The van der Waals surface area contributed by atoms with Crippen LogP contribution in [-0.2, 0) is 6.42 Å². The topological polar surface area (TPSA) is 44.5 Å². The van der Waals surface area contributed by atoms with Gasteiger partial charge in [0.15, 0.2) is 0 Å². The number of ether oxygens (including phenoxy) is 2. The summed E-state index contributed by atoms with van der Waals surface area (Å²) < 4.78 is 10.9. The third-order valence-electron chi connectivity index (χ3n) is 3.36. The van der Waals surface area contributed by atoms with Crippen LogP contribution in [0.1, 0.15) is 18.4 Å². The van der Waals surface area contributed by atoms with Gasteiger partial charge in [-0.05, 0) is 49.1 Å². The lowest BCUT2D eigenvalue weighted by Gasteiger charge is -2.13. The number of hydrogen-bond acceptors (Lipinski definition) is 3. The van der Waals surface area contributed by atoms with Crippen LogP contribution in [0.3, 0.4) is 0 Å². The van der Waals surface area contributed by atoms with E-state index in [0.717, 1.165) is 30.8 Å². The largest absolute Gasteiger partial charge is 0.497 e. The van der Waals surface area contributed by atoms with Crippen LogP contribution >= 0.6 is 0 Å². The van der Waals surface area contributed by atoms with Crippen LogP contribution in [0.5, 0.6) is 11.5 Å². The molecule has 2 rings (SSSR count). The molecule has 2 aromatic carbocycles. The van der Waals surface area contributed by atoms with Gasteiger partial charge in [0.05, 0.1) is 13.7 Å². The van der Waals surface area contributed by atoms with Gasteiger partial charge < -0.3 is 15.2 Å². The molecule has 21 heavy (non-hydrogen) atoms. The summed E-state index contributed by atoms with van der Waals surface area (Å²) in [5.74, 6) is 1.80. The molecule has 1 unspecified atom stereocenters. The predicted octanol–water partition coefficient (Wildman–Crippen LogP) is 3.42. The zero-order valence-corrected chi connectivity index (χ0v) is 12.5. The normalized spacial score (nSPS) is 11.9. The third kappa shape index (κ3) is 5.48. The molecule has 0 heterocycles. The van der Waals surface area contributed by atoms with E-state index in [4.69, 9.17) is 15.2 Å². The zero-order chi connectivity index (χ0) is 14.9. The van der Waals surface area contributed by atoms with Crippen LogP contribution in [0.15, 0.2) is 54.6 Å². The highest BCUT2D eigenvalue weighted by Crippen LogP contribution is 2.15. The first-order chi connectivity index (χ1) is 10.3. The number of nitrogens with two attached hydrogens (primary N) is 1.